The molecule has 0 amide bonds. The largest absolute Gasteiger partial charge is 0.327 e. The Morgan fingerprint density at radius 3 is 2.42 bits per heavy atom. The first-order valence-corrected chi connectivity index (χ1v) is 8.63. The quantitative estimate of drug-likeness (QED) is 0.795. The zero-order chi connectivity index (χ0) is 13.7. The Kier molecular flexibility index (Phi) is 6.15. The first kappa shape index (κ1) is 15.3. The van der Waals surface area contributed by atoms with Crippen molar-refractivity contribution in [1.82, 2.24) is 4.90 Å². The van der Waals surface area contributed by atoms with E-state index in [9.17, 15) is 0 Å². The minimum absolute atomic E-state index is 0.458. The first-order chi connectivity index (χ1) is 9.19. The summed E-state index contributed by atoms with van der Waals surface area (Å²) in [5.41, 5.74) is 6.37. The van der Waals surface area contributed by atoms with Crippen LogP contribution in [0.3, 0.4) is 0 Å². The van der Waals surface area contributed by atoms with Crippen LogP contribution in [-0.4, -0.2) is 31.1 Å². The number of nitrogens with zero attached hydrogens (tertiary/aromatic N) is 1. The van der Waals surface area contributed by atoms with Gasteiger partial charge in [-0.15, -0.1) is 0 Å². The Balaban J connectivity index is 1.75. The second-order valence-corrected chi connectivity index (χ2v) is 7.26. The number of nitrogens with two attached hydrogens (primary N) is 1. The molecule has 0 spiro atoms. The molecule has 0 aliphatic heterocycles. The molecule has 0 aromatic carbocycles. The van der Waals surface area contributed by atoms with Crippen molar-refractivity contribution in [3.8, 4) is 0 Å². The molecule has 3 atom stereocenters. The molecule has 2 aliphatic rings. The van der Waals surface area contributed by atoms with Crippen LogP contribution in [0, 0.1) is 17.8 Å². The van der Waals surface area contributed by atoms with Gasteiger partial charge in [-0.05, 0) is 56.9 Å². The topological polar surface area (TPSA) is 29.3 Å². The third-order valence-electron chi connectivity index (χ3n) is 5.44. The molecular formula is C17H34N2. The molecule has 2 saturated carbocycles. The fourth-order valence-corrected chi connectivity index (χ4v) is 4.37. The van der Waals surface area contributed by atoms with E-state index in [0.29, 0.717) is 6.04 Å². The molecule has 2 N–H and O–H groups in total. The molecule has 0 saturated heterocycles. The van der Waals surface area contributed by atoms with Gasteiger partial charge in [0.25, 0.3) is 0 Å². The number of rotatable bonds is 6. The summed E-state index contributed by atoms with van der Waals surface area (Å²) < 4.78 is 0. The Hall–Kier alpha value is -0.0800. The Labute approximate surface area is 120 Å². The monoisotopic (exact) mass is 266 g/mol. The van der Waals surface area contributed by atoms with Crippen LogP contribution in [0.2, 0.25) is 0 Å². The Morgan fingerprint density at radius 1 is 1.00 bits per heavy atom. The summed E-state index contributed by atoms with van der Waals surface area (Å²) in [6.45, 7) is 4.86. The van der Waals surface area contributed by atoms with E-state index in [2.05, 4.69) is 18.9 Å². The fraction of sp³-hybridized carbons (Fsp3) is 1.00. The van der Waals surface area contributed by atoms with Gasteiger partial charge in [0.15, 0.2) is 0 Å². The molecule has 0 heterocycles. The maximum Gasteiger partial charge on any atom is 0.00795 e. The van der Waals surface area contributed by atoms with Gasteiger partial charge in [0.05, 0.1) is 0 Å². The minimum Gasteiger partial charge on any atom is -0.327 e. The molecule has 3 unspecified atom stereocenters. The zero-order valence-electron chi connectivity index (χ0n) is 13.1. The van der Waals surface area contributed by atoms with Gasteiger partial charge in [0, 0.05) is 19.1 Å². The average molecular weight is 266 g/mol. The molecule has 19 heavy (non-hydrogen) atoms. The molecule has 0 aromatic heterocycles. The van der Waals surface area contributed by atoms with Crippen molar-refractivity contribution in [2.75, 3.05) is 20.1 Å². The van der Waals surface area contributed by atoms with E-state index in [4.69, 9.17) is 5.73 Å². The molecule has 2 aliphatic carbocycles. The Bertz CT molecular complexity index is 248. The summed E-state index contributed by atoms with van der Waals surface area (Å²) in [6, 6.07) is 0.458. The third-order valence-corrected chi connectivity index (χ3v) is 5.44. The summed E-state index contributed by atoms with van der Waals surface area (Å²) >= 11 is 0. The first-order valence-electron chi connectivity index (χ1n) is 8.63. The van der Waals surface area contributed by atoms with Crippen molar-refractivity contribution in [2.24, 2.45) is 23.5 Å². The van der Waals surface area contributed by atoms with Gasteiger partial charge in [0.2, 0.25) is 0 Å². The smallest absolute Gasteiger partial charge is 0.00795 e. The Morgan fingerprint density at radius 2 is 1.74 bits per heavy atom. The predicted molar refractivity (Wildman–Crippen MR) is 83.2 cm³/mol. The molecule has 0 aromatic rings. The van der Waals surface area contributed by atoms with Gasteiger partial charge in [-0.25, -0.2) is 0 Å². The lowest BCUT2D eigenvalue weighted by molar-refractivity contribution is 0.157. The second kappa shape index (κ2) is 7.64. The lowest BCUT2D eigenvalue weighted by Crippen LogP contribution is -2.43. The molecule has 2 rings (SSSR count). The van der Waals surface area contributed by atoms with E-state index >= 15 is 0 Å². The van der Waals surface area contributed by atoms with Crippen LogP contribution in [0.1, 0.15) is 64.7 Å². The summed E-state index contributed by atoms with van der Waals surface area (Å²) in [7, 11) is 2.31. The van der Waals surface area contributed by atoms with Gasteiger partial charge in [-0.1, -0.05) is 32.6 Å². The van der Waals surface area contributed by atoms with Gasteiger partial charge in [0.1, 0.15) is 0 Å². The molecule has 2 heteroatoms. The van der Waals surface area contributed by atoms with E-state index in [1.165, 1.54) is 70.9 Å². The van der Waals surface area contributed by atoms with E-state index in [1.807, 2.05) is 0 Å². The van der Waals surface area contributed by atoms with Crippen LogP contribution < -0.4 is 5.73 Å². The van der Waals surface area contributed by atoms with Crippen molar-refractivity contribution in [3.05, 3.63) is 0 Å². The van der Waals surface area contributed by atoms with Gasteiger partial charge < -0.3 is 10.6 Å². The summed E-state index contributed by atoms with van der Waals surface area (Å²) in [5.74, 6) is 2.67. The molecule has 0 bridgehead atoms. The van der Waals surface area contributed by atoms with Crippen LogP contribution >= 0.6 is 0 Å². The summed E-state index contributed by atoms with van der Waals surface area (Å²) in [5, 5.41) is 0. The SMILES string of the molecule is CCCC1CCC(N)C(CN(C)CC2CCCC2)C1. The molecule has 2 nitrogen and oxygen atoms in total. The van der Waals surface area contributed by atoms with Crippen molar-refractivity contribution in [3.63, 3.8) is 0 Å². The van der Waals surface area contributed by atoms with Crippen LogP contribution in [0.5, 0.6) is 0 Å². The van der Waals surface area contributed by atoms with Gasteiger partial charge in [-0.2, -0.15) is 0 Å². The van der Waals surface area contributed by atoms with Crippen LogP contribution in [0.4, 0.5) is 0 Å². The van der Waals surface area contributed by atoms with E-state index in [1.54, 1.807) is 0 Å². The van der Waals surface area contributed by atoms with Crippen LogP contribution in [0.25, 0.3) is 0 Å². The predicted octanol–water partition coefficient (Wildman–Crippen LogP) is 3.65. The maximum absolute atomic E-state index is 6.37. The van der Waals surface area contributed by atoms with Gasteiger partial charge in [-0.3, -0.25) is 0 Å². The van der Waals surface area contributed by atoms with E-state index in [0.717, 1.165) is 17.8 Å². The zero-order valence-corrected chi connectivity index (χ0v) is 13.1. The highest BCUT2D eigenvalue weighted by Crippen LogP contribution is 2.32. The molecule has 2 fully saturated rings. The van der Waals surface area contributed by atoms with Crippen molar-refractivity contribution in [1.29, 1.82) is 0 Å². The highest BCUT2D eigenvalue weighted by atomic mass is 15.1. The van der Waals surface area contributed by atoms with E-state index in [-0.39, 0.29) is 0 Å². The highest BCUT2D eigenvalue weighted by Gasteiger charge is 2.29. The van der Waals surface area contributed by atoms with E-state index < -0.39 is 0 Å². The van der Waals surface area contributed by atoms with Crippen LogP contribution in [-0.2, 0) is 0 Å². The normalized spacial score (nSPS) is 33.2. The average Bonchev–Trinajstić information content (AvgIpc) is 2.86. The van der Waals surface area contributed by atoms with Crippen molar-refractivity contribution in [2.45, 2.75) is 70.8 Å². The van der Waals surface area contributed by atoms with Crippen LogP contribution in [0.15, 0.2) is 0 Å². The molecule has 0 radical (unpaired) electrons. The molecule has 112 valence electrons. The van der Waals surface area contributed by atoms with Gasteiger partial charge >= 0.3 is 0 Å². The maximum atomic E-state index is 6.37. The third kappa shape index (κ3) is 4.75. The number of hydrogen-bond donors (Lipinski definition) is 1. The lowest BCUT2D eigenvalue weighted by Gasteiger charge is -2.37. The lowest BCUT2D eigenvalue weighted by atomic mass is 9.76. The van der Waals surface area contributed by atoms with Crippen molar-refractivity contribution < 1.29 is 0 Å². The van der Waals surface area contributed by atoms with Crippen molar-refractivity contribution >= 4 is 0 Å². The summed E-state index contributed by atoms with van der Waals surface area (Å²) in [4.78, 5) is 2.58. The number of hydrogen-bond acceptors (Lipinski definition) is 2. The molecular weight excluding hydrogens is 232 g/mol. The highest BCUT2D eigenvalue weighted by molar-refractivity contribution is 4.84. The second-order valence-electron chi connectivity index (χ2n) is 7.26. The standard InChI is InChI=1S/C17H34N2/c1-3-6-14-9-10-17(18)16(11-14)13-19(2)12-15-7-4-5-8-15/h14-17H,3-13,18H2,1-2H3. The summed E-state index contributed by atoms with van der Waals surface area (Å²) in [6.07, 6.45) is 12.6. The fourth-order valence-electron chi connectivity index (χ4n) is 4.37. The minimum atomic E-state index is 0.458.